The van der Waals surface area contributed by atoms with E-state index in [1.165, 1.54) is 0 Å². The molecule has 0 aliphatic rings. The lowest BCUT2D eigenvalue weighted by atomic mass is 9.98. The van der Waals surface area contributed by atoms with Gasteiger partial charge in [-0.2, -0.15) is 0 Å². The number of thiocarbonyl (C=S) groups is 1. The van der Waals surface area contributed by atoms with Gasteiger partial charge in [0.1, 0.15) is 30.5 Å². The van der Waals surface area contributed by atoms with Crippen LogP contribution < -0.4 is 30.4 Å². The molecule has 37 heavy (non-hydrogen) atoms. The van der Waals surface area contributed by atoms with Gasteiger partial charge in [0.25, 0.3) is 11.8 Å². The molecular formula is C28H31N3O5S. The first kappa shape index (κ1) is 27.5. The fourth-order valence-corrected chi connectivity index (χ4v) is 3.43. The van der Waals surface area contributed by atoms with Crippen molar-refractivity contribution < 1.29 is 23.8 Å². The molecule has 194 valence electrons. The molecule has 1 unspecified atom stereocenters. The highest BCUT2D eigenvalue weighted by atomic mass is 32.1. The van der Waals surface area contributed by atoms with Crippen LogP contribution in [0.2, 0.25) is 0 Å². The lowest BCUT2D eigenvalue weighted by Gasteiger charge is -2.16. The van der Waals surface area contributed by atoms with E-state index in [-0.39, 0.29) is 11.7 Å². The van der Waals surface area contributed by atoms with E-state index in [0.29, 0.717) is 36.2 Å². The van der Waals surface area contributed by atoms with E-state index in [1.54, 1.807) is 24.3 Å². The minimum absolute atomic E-state index is 0.0447. The molecule has 0 saturated carbocycles. The highest BCUT2D eigenvalue weighted by Crippen LogP contribution is 2.28. The van der Waals surface area contributed by atoms with Gasteiger partial charge in [-0.1, -0.05) is 50.2 Å². The number of rotatable bonds is 11. The van der Waals surface area contributed by atoms with Gasteiger partial charge in [-0.3, -0.25) is 25.8 Å². The topological polar surface area (TPSA) is 97.9 Å². The summed E-state index contributed by atoms with van der Waals surface area (Å²) in [6, 6.07) is 23.7. The molecule has 0 aromatic heterocycles. The quantitative estimate of drug-likeness (QED) is 0.196. The predicted molar refractivity (Wildman–Crippen MR) is 146 cm³/mol. The van der Waals surface area contributed by atoms with E-state index in [9.17, 15) is 9.59 Å². The molecule has 0 heterocycles. The summed E-state index contributed by atoms with van der Waals surface area (Å²) < 4.78 is 16.9. The van der Waals surface area contributed by atoms with Crippen LogP contribution >= 0.6 is 12.2 Å². The third-order valence-corrected chi connectivity index (χ3v) is 5.65. The SMILES string of the molecule is CCC(C)c1ccccc1OCC(=O)NNC(=S)NC(=O)c1ccc(OCCOc2ccccc2)cc1. The largest absolute Gasteiger partial charge is 0.490 e. The zero-order valence-electron chi connectivity index (χ0n) is 20.9. The van der Waals surface area contributed by atoms with Crippen molar-refractivity contribution in [3.8, 4) is 17.2 Å². The van der Waals surface area contributed by atoms with Crippen molar-refractivity contribution in [3.05, 3.63) is 90.0 Å². The maximum Gasteiger partial charge on any atom is 0.276 e. The number of ether oxygens (including phenoxy) is 3. The van der Waals surface area contributed by atoms with Crippen LogP contribution in [0.3, 0.4) is 0 Å². The van der Waals surface area contributed by atoms with Crippen LogP contribution in [0, 0.1) is 0 Å². The zero-order chi connectivity index (χ0) is 26.5. The molecule has 0 aliphatic heterocycles. The molecule has 3 N–H and O–H groups in total. The van der Waals surface area contributed by atoms with Crippen molar-refractivity contribution in [2.24, 2.45) is 0 Å². The second-order valence-corrected chi connectivity index (χ2v) is 8.53. The summed E-state index contributed by atoms with van der Waals surface area (Å²) in [7, 11) is 0. The second-order valence-electron chi connectivity index (χ2n) is 8.13. The van der Waals surface area contributed by atoms with Gasteiger partial charge in [0.15, 0.2) is 11.7 Å². The van der Waals surface area contributed by atoms with Gasteiger partial charge in [-0.15, -0.1) is 0 Å². The Morgan fingerprint density at radius 2 is 1.43 bits per heavy atom. The first-order valence-electron chi connectivity index (χ1n) is 12.0. The van der Waals surface area contributed by atoms with Gasteiger partial charge in [0.05, 0.1) is 0 Å². The van der Waals surface area contributed by atoms with Crippen LogP contribution in [0.4, 0.5) is 0 Å². The van der Waals surface area contributed by atoms with Crippen LogP contribution in [0.25, 0.3) is 0 Å². The van der Waals surface area contributed by atoms with Gasteiger partial charge < -0.3 is 14.2 Å². The average Bonchev–Trinajstić information content (AvgIpc) is 2.93. The number of para-hydroxylation sites is 2. The molecule has 0 radical (unpaired) electrons. The van der Waals surface area contributed by atoms with Crippen molar-refractivity contribution in [2.75, 3.05) is 19.8 Å². The number of benzene rings is 3. The second kappa shape index (κ2) is 14.4. The molecule has 3 rings (SSSR count). The third-order valence-electron chi connectivity index (χ3n) is 5.44. The maximum atomic E-state index is 12.4. The van der Waals surface area contributed by atoms with E-state index >= 15 is 0 Å². The Balaban J connectivity index is 1.36. The molecule has 9 heteroatoms. The van der Waals surface area contributed by atoms with Crippen LogP contribution in [0.5, 0.6) is 17.2 Å². The fourth-order valence-electron chi connectivity index (χ4n) is 3.29. The number of amides is 2. The van der Waals surface area contributed by atoms with Gasteiger partial charge in [0, 0.05) is 5.56 Å². The van der Waals surface area contributed by atoms with Crippen molar-refractivity contribution >= 4 is 29.1 Å². The monoisotopic (exact) mass is 521 g/mol. The minimum Gasteiger partial charge on any atom is -0.490 e. The van der Waals surface area contributed by atoms with Gasteiger partial charge in [0.2, 0.25) is 0 Å². The summed E-state index contributed by atoms with van der Waals surface area (Å²) in [5, 5.41) is 2.47. The number of hydrogen-bond donors (Lipinski definition) is 3. The Morgan fingerprint density at radius 1 is 0.811 bits per heavy atom. The summed E-state index contributed by atoms with van der Waals surface area (Å²) in [5.74, 6) is 1.50. The lowest BCUT2D eigenvalue weighted by Crippen LogP contribution is -2.49. The van der Waals surface area contributed by atoms with Crippen molar-refractivity contribution in [2.45, 2.75) is 26.2 Å². The minimum atomic E-state index is -0.437. The number of hydrogen-bond acceptors (Lipinski definition) is 6. The Kier molecular flexibility index (Phi) is 10.7. The van der Waals surface area contributed by atoms with E-state index in [2.05, 4.69) is 30.0 Å². The zero-order valence-corrected chi connectivity index (χ0v) is 21.7. The number of carbonyl (C=O) groups excluding carboxylic acids is 2. The Morgan fingerprint density at radius 3 is 2.11 bits per heavy atom. The Bertz CT molecular complexity index is 1170. The Hall–Kier alpha value is -4.11. The molecule has 0 saturated heterocycles. The van der Waals surface area contributed by atoms with E-state index < -0.39 is 11.8 Å². The molecule has 3 aromatic rings. The van der Waals surface area contributed by atoms with Crippen molar-refractivity contribution in [1.29, 1.82) is 0 Å². The third kappa shape index (κ3) is 9.12. The summed E-state index contributed by atoms with van der Waals surface area (Å²) >= 11 is 5.10. The molecular weight excluding hydrogens is 490 g/mol. The molecule has 8 nitrogen and oxygen atoms in total. The molecule has 2 amide bonds. The van der Waals surface area contributed by atoms with E-state index in [4.69, 9.17) is 26.4 Å². The molecule has 0 bridgehead atoms. The first-order valence-corrected chi connectivity index (χ1v) is 12.4. The Labute approximate surface area is 222 Å². The normalized spacial score (nSPS) is 11.1. The summed E-state index contributed by atoms with van der Waals surface area (Å²) in [6.45, 7) is 4.76. The number of hydrazine groups is 1. The summed E-state index contributed by atoms with van der Waals surface area (Å²) in [5.41, 5.74) is 6.36. The van der Waals surface area contributed by atoms with Gasteiger partial charge >= 0.3 is 0 Å². The summed E-state index contributed by atoms with van der Waals surface area (Å²) in [4.78, 5) is 24.6. The van der Waals surface area contributed by atoms with Crippen molar-refractivity contribution in [3.63, 3.8) is 0 Å². The molecule has 3 aromatic carbocycles. The standard InChI is InChI=1S/C28H31N3O5S/c1-3-20(2)24-11-7-8-12-25(24)36-19-26(32)30-31-28(37)29-27(33)21-13-15-23(16-14-21)35-18-17-34-22-9-5-4-6-10-22/h4-16,20H,3,17-19H2,1-2H3,(H,30,32)(H2,29,31,33,37). The molecule has 0 fully saturated rings. The van der Waals surface area contributed by atoms with Crippen LogP contribution in [0.15, 0.2) is 78.9 Å². The van der Waals surface area contributed by atoms with Crippen LogP contribution in [-0.4, -0.2) is 36.7 Å². The number of nitrogens with one attached hydrogen (secondary N) is 3. The molecule has 0 spiro atoms. The molecule has 1 atom stereocenters. The highest BCUT2D eigenvalue weighted by Gasteiger charge is 2.12. The smallest absolute Gasteiger partial charge is 0.276 e. The first-order chi connectivity index (χ1) is 18.0. The van der Waals surface area contributed by atoms with Crippen molar-refractivity contribution in [1.82, 2.24) is 16.2 Å². The maximum absolute atomic E-state index is 12.4. The van der Waals surface area contributed by atoms with Gasteiger partial charge in [-0.05, 0) is 72.6 Å². The van der Waals surface area contributed by atoms with Crippen LogP contribution in [-0.2, 0) is 4.79 Å². The lowest BCUT2D eigenvalue weighted by molar-refractivity contribution is -0.123. The fraction of sp³-hybridized carbons (Fsp3) is 0.250. The predicted octanol–water partition coefficient (Wildman–Crippen LogP) is 4.37. The highest BCUT2D eigenvalue weighted by molar-refractivity contribution is 7.80. The van der Waals surface area contributed by atoms with Gasteiger partial charge in [-0.25, -0.2) is 0 Å². The molecule has 0 aliphatic carbocycles. The summed E-state index contributed by atoms with van der Waals surface area (Å²) in [6.07, 6.45) is 0.960. The number of carbonyl (C=O) groups is 2. The van der Waals surface area contributed by atoms with Crippen LogP contribution in [0.1, 0.15) is 42.1 Å². The van der Waals surface area contributed by atoms with E-state index in [1.807, 2.05) is 54.6 Å². The van der Waals surface area contributed by atoms with E-state index in [0.717, 1.165) is 17.7 Å². The average molecular weight is 522 g/mol.